The number of nitrogens with zero attached hydrogens (tertiary/aromatic N) is 3. The van der Waals surface area contributed by atoms with Gasteiger partial charge in [0.05, 0.1) is 25.4 Å². The standard InChI is InChI=1S/C12H14BrNO2.C12H12BrNO2.C12H13BrO2.C12H13BrO.C10H12BrNO2.C8H7BrO2.C4H7.C2H7NO.BrH.ClH.Cr.Mg.3O/c2*1-7-4-5-8(6-9(7)13)10-11(15)12(2,3)16-14-10;1-7-4-5-8(6-9(7)13)10(14)11-12(2,3)15-11;1-8(2)6-12(14)10-5-4-9(3)11(13)7-10;1-7-4-5-8(6-9(7)11)10(13)12(2)14-3;1-5-2-3-6(8(10)11)4-7(5)9;1-4(2)3;1-3-4-2;;;;;;;/h4-6,11,15H,1-3H3;4-6H,1-3H3;4-6,11H,1-3H3;4-7H,1-3H3;4-6H,1-3H3;2-4H,1H3,(H,10,11);1H,2-3H3;3H,1-2H3;2*1H;;;;;/q;;;;;;-1;;;;;+2;;;/p-1. The Hall–Kier alpha value is -4.16. The zero-order valence-electron chi connectivity index (χ0n) is 59.9. The van der Waals surface area contributed by atoms with Crippen molar-refractivity contribution >= 4 is 172 Å². The number of benzene rings is 6. The van der Waals surface area contributed by atoms with E-state index in [2.05, 4.69) is 116 Å². The number of ether oxygens (including phenoxy) is 1. The summed E-state index contributed by atoms with van der Waals surface area (Å²) in [7, 11) is 6.32. The predicted octanol–water partition coefficient (Wildman–Crippen LogP) is 15.2. The maximum absolute atomic E-state index is 12.0. The molecule has 6 aromatic rings. The van der Waals surface area contributed by atoms with Gasteiger partial charge in [-0.1, -0.05) is 186 Å². The number of ketones is 3. The van der Waals surface area contributed by atoms with Gasteiger partial charge in [-0.3, -0.25) is 29.6 Å². The number of aliphatic hydroxyl groups is 1. The van der Waals surface area contributed by atoms with Crippen molar-refractivity contribution in [2.75, 3.05) is 28.3 Å². The summed E-state index contributed by atoms with van der Waals surface area (Å²) in [4.78, 5) is 77.0. The topological polar surface area (TPSA) is 266 Å². The van der Waals surface area contributed by atoms with Crippen molar-refractivity contribution in [3.05, 3.63) is 227 Å². The van der Waals surface area contributed by atoms with E-state index in [0.29, 0.717) is 28.1 Å². The van der Waals surface area contributed by atoms with E-state index < -0.39 is 37.2 Å². The molecule has 3 heterocycles. The number of halogens is 8. The number of carbonyl (C=O) groups is 5. The first kappa shape index (κ1) is 101. The number of hydrogen-bond donors (Lipinski definition) is 3. The summed E-state index contributed by atoms with van der Waals surface area (Å²) in [5.41, 5.74) is 14.3. The van der Waals surface area contributed by atoms with E-state index in [4.69, 9.17) is 42.3 Å². The van der Waals surface area contributed by atoms with Gasteiger partial charge in [0.15, 0.2) is 28.5 Å². The van der Waals surface area contributed by atoms with Gasteiger partial charge in [0.25, 0.3) is 5.91 Å². The molecule has 3 aliphatic heterocycles. The Morgan fingerprint density at radius 3 is 1.27 bits per heavy atom. The molecular weight excluding hydrogens is 1830 g/mol. The summed E-state index contributed by atoms with van der Waals surface area (Å²) in [5.74, 6) is -1.01. The first-order valence-corrected chi connectivity index (χ1v) is 35.9. The number of aromatic carboxylic acids is 1. The second-order valence-corrected chi connectivity index (χ2v) is 29.5. The van der Waals surface area contributed by atoms with Crippen LogP contribution in [0.5, 0.6) is 0 Å². The Bertz CT molecular complexity index is 4030. The van der Waals surface area contributed by atoms with Crippen LogP contribution >= 0.6 is 108 Å². The fourth-order valence-corrected chi connectivity index (χ4v) is 9.63. The summed E-state index contributed by atoms with van der Waals surface area (Å²) < 4.78 is 36.6. The van der Waals surface area contributed by atoms with Crippen molar-refractivity contribution in [2.24, 2.45) is 10.3 Å². The molecule has 2 unspecified atom stereocenters. The van der Waals surface area contributed by atoms with Crippen molar-refractivity contribution in [1.29, 1.82) is 0 Å². The predicted molar refractivity (Wildman–Crippen MR) is 411 cm³/mol. The van der Waals surface area contributed by atoms with Gasteiger partial charge in [0.2, 0.25) is 5.78 Å². The molecule has 1 fully saturated rings. The Balaban J connectivity index is -0.00000110. The number of allylic oxidation sites excluding steroid dienone is 3. The van der Waals surface area contributed by atoms with E-state index >= 15 is 0 Å². The number of carbonyl (C=O) groups excluding carboxylic acids is 4. The van der Waals surface area contributed by atoms with E-state index in [1.807, 2.05) is 176 Å². The van der Waals surface area contributed by atoms with Gasteiger partial charge in [-0.05, 0) is 185 Å². The van der Waals surface area contributed by atoms with Crippen molar-refractivity contribution in [3.8, 4) is 0 Å². The van der Waals surface area contributed by atoms with E-state index in [9.17, 15) is 29.1 Å². The molecule has 9 rings (SSSR count). The van der Waals surface area contributed by atoms with E-state index in [-0.39, 0.29) is 87.4 Å². The quantitative estimate of drug-likeness (QED) is 0.0287. The minimum absolute atomic E-state index is 0. The van der Waals surface area contributed by atoms with E-state index in [0.717, 1.165) is 88.1 Å². The van der Waals surface area contributed by atoms with Crippen LogP contribution in [0.3, 0.4) is 0 Å². The fraction of sp³-hybridized carbons (Fsp3) is 0.347. The monoisotopic (exact) mass is 1910 g/mol. The fourth-order valence-electron chi connectivity index (χ4n) is 7.36. The summed E-state index contributed by atoms with van der Waals surface area (Å²) >= 11 is 16.6. The molecule has 0 spiro atoms. The molecule has 548 valence electrons. The number of aliphatic hydroxyl groups excluding tert-OH is 1. The summed E-state index contributed by atoms with van der Waals surface area (Å²) in [6, 6.07) is 33.3. The third kappa shape index (κ3) is 35.7. The van der Waals surface area contributed by atoms with Crippen molar-refractivity contribution in [1.82, 2.24) is 10.5 Å². The summed E-state index contributed by atoms with van der Waals surface area (Å²) in [5, 5.41) is 27.6. The number of rotatable bonds is 10. The maximum atomic E-state index is 12.0. The molecule has 2 atom stereocenters. The van der Waals surface area contributed by atoms with Gasteiger partial charge in [-0.15, -0.1) is 12.4 Å². The van der Waals surface area contributed by atoms with Gasteiger partial charge in [-0.2, -0.15) is 0 Å². The molecule has 1 amide bonds. The molecule has 0 aromatic heterocycles. The van der Waals surface area contributed by atoms with E-state index in [1.165, 1.54) is 12.2 Å². The van der Waals surface area contributed by atoms with Crippen molar-refractivity contribution < 1.29 is 101 Å². The van der Waals surface area contributed by atoms with Crippen LogP contribution in [-0.2, 0) is 54.2 Å². The van der Waals surface area contributed by atoms with Crippen LogP contribution in [0, 0.1) is 48.1 Å². The number of epoxide rings is 1. The number of nitrogens with one attached hydrogen (secondary N) is 1. The van der Waals surface area contributed by atoms with Crippen LogP contribution in [0.25, 0.3) is 0 Å². The number of carboxylic acids is 1. The Morgan fingerprint density at radius 1 is 0.604 bits per heavy atom. The van der Waals surface area contributed by atoms with Crippen LogP contribution in [0.1, 0.15) is 155 Å². The van der Waals surface area contributed by atoms with Crippen LogP contribution in [0.4, 0.5) is 0 Å². The van der Waals surface area contributed by atoms with Crippen molar-refractivity contribution in [2.45, 2.75) is 140 Å². The van der Waals surface area contributed by atoms with Crippen LogP contribution in [0.15, 0.2) is 164 Å². The zero-order valence-corrected chi connectivity index (χ0v) is 74.5. The molecule has 0 aliphatic carbocycles. The number of Topliss-reactive ketones (excluding diaryl/α,β-unsaturated/α-hetero) is 2. The first-order valence-electron chi connectivity index (χ1n) is 29.6. The molecule has 3 N–H and O–H groups in total. The summed E-state index contributed by atoms with van der Waals surface area (Å²) in [6.45, 7) is 35.4. The van der Waals surface area contributed by atoms with Gasteiger partial charge in [0.1, 0.15) is 17.9 Å². The Morgan fingerprint density at radius 2 is 0.941 bits per heavy atom. The second-order valence-electron chi connectivity index (χ2n) is 23.8. The Kier molecular flexibility index (Phi) is 48.1. The van der Waals surface area contributed by atoms with Gasteiger partial charge in [0, 0.05) is 68.7 Å². The number of hydroxylamine groups is 3. The molecule has 3 aliphatic rings. The van der Waals surface area contributed by atoms with Gasteiger partial charge in [-0.25, -0.2) is 15.3 Å². The average molecular weight is 1920 g/mol. The van der Waals surface area contributed by atoms with Crippen LogP contribution < -0.4 is 22.5 Å². The van der Waals surface area contributed by atoms with Crippen LogP contribution in [0.2, 0.25) is 0 Å². The second kappa shape index (κ2) is 48.1. The van der Waals surface area contributed by atoms with Crippen LogP contribution in [-0.4, -0.2) is 136 Å². The van der Waals surface area contributed by atoms with E-state index in [1.54, 1.807) is 71.5 Å². The molecule has 0 saturated carbocycles. The average Bonchev–Trinajstić information content (AvgIpc) is 1.62. The molecule has 1 saturated heterocycles. The normalized spacial score (nSPS) is 14.4. The molecular formula is C72H86Br7ClCrMgN4O15. The third-order valence-corrected chi connectivity index (χ3v) is 18.6. The molecule has 0 radical (unpaired) electrons. The zero-order chi connectivity index (χ0) is 75.5. The SMILES string of the molecule is CC(C)=CC(=O)c1ccc(C)c(Br)c1.CNOC.CON(C)C(=O)c1ccc(C)c(Br)c1.Cc1ccc(C(=O)C2OC2(C)C)cc1Br.Cc1ccc(C(=O)O)cc1Br.Cc1ccc(C2=NOC(C)(C)C2=O)cc1Br.Cc1ccc(C2=NOC(C)(C)C2O)cc1Br.Cl.[Br-].[CH-]=C(C)C.[Mg+2].[O]=[Cr](=[O])=[O]. The van der Waals surface area contributed by atoms with Gasteiger partial charge >= 0.3 is 54.4 Å². The van der Waals surface area contributed by atoms with Gasteiger partial charge < -0.3 is 53.0 Å². The number of hydrogen-bond acceptors (Lipinski definition) is 17. The molecule has 0 bridgehead atoms. The third-order valence-electron chi connectivity index (χ3n) is 13.5. The first-order chi connectivity index (χ1) is 45.3. The number of amides is 1. The Labute approximate surface area is 680 Å². The molecule has 19 nitrogen and oxygen atoms in total. The molecule has 101 heavy (non-hydrogen) atoms. The molecule has 6 aromatic carbocycles. The number of oxime groups is 2. The summed E-state index contributed by atoms with van der Waals surface area (Å²) in [6.07, 6.45) is 0.686. The minimum atomic E-state index is -3.79. The number of aryl methyl sites for hydroxylation is 6. The molecule has 29 heteroatoms. The van der Waals surface area contributed by atoms with Crippen molar-refractivity contribution in [3.63, 3.8) is 0 Å². The number of carboxylic acid groups (broad SMARTS) is 1.